The van der Waals surface area contributed by atoms with Crippen molar-refractivity contribution < 1.29 is 29.3 Å². The van der Waals surface area contributed by atoms with Crippen molar-refractivity contribution in [3.05, 3.63) is 69.8 Å². The Balaban J connectivity index is 1.91. The smallest absolute Gasteiger partial charge is 0.336 e. The van der Waals surface area contributed by atoms with Gasteiger partial charge in [-0.2, -0.15) is 0 Å². The Morgan fingerprint density at radius 1 is 1.26 bits per heavy atom. The molecule has 27 heavy (non-hydrogen) atoms. The number of rotatable bonds is 9. The van der Waals surface area contributed by atoms with Crippen LogP contribution in [0.25, 0.3) is 6.08 Å². The second-order valence-corrected chi connectivity index (χ2v) is 5.49. The minimum Gasteiger partial charge on any atom is -0.504 e. The van der Waals surface area contributed by atoms with Crippen LogP contribution in [-0.2, 0) is 16.1 Å². The predicted molar refractivity (Wildman–Crippen MR) is 97.0 cm³/mol. The topological polar surface area (TPSA) is 108 Å². The first-order valence-corrected chi connectivity index (χ1v) is 8.11. The van der Waals surface area contributed by atoms with Crippen LogP contribution >= 0.6 is 0 Å². The fourth-order valence-electron chi connectivity index (χ4n) is 2.29. The number of hydrogen-bond acceptors (Lipinski definition) is 7. The van der Waals surface area contributed by atoms with Gasteiger partial charge in [0.15, 0.2) is 11.5 Å². The average Bonchev–Trinajstić information content (AvgIpc) is 2.65. The van der Waals surface area contributed by atoms with Crippen molar-refractivity contribution in [1.82, 2.24) is 0 Å². The molecule has 0 aliphatic rings. The normalized spacial score (nSPS) is 10.6. The quantitative estimate of drug-likeness (QED) is 0.180. The van der Waals surface area contributed by atoms with E-state index in [-0.39, 0.29) is 12.4 Å². The summed E-state index contributed by atoms with van der Waals surface area (Å²) in [7, 11) is 1.44. The van der Waals surface area contributed by atoms with E-state index in [0.29, 0.717) is 29.9 Å². The fourth-order valence-corrected chi connectivity index (χ4v) is 2.29. The van der Waals surface area contributed by atoms with E-state index in [1.165, 1.54) is 19.3 Å². The number of benzene rings is 2. The molecular formula is C19H19NO7. The molecule has 0 saturated heterocycles. The molecule has 1 N–H and O–H groups in total. The van der Waals surface area contributed by atoms with Gasteiger partial charge in [-0.1, -0.05) is 18.2 Å². The third kappa shape index (κ3) is 6.69. The number of aryl methyl sites for hydroxylation is 1. The van der Waals surface area contributed by atoms with E-state index in [0.717, 1.165) is 5.56 Å². The summed E-state index contributed by atoms with van der Waals surface area (Å²) in [5.41, 5.74) is 1.54. The molecule has 0 unspecified atom stereocenters. The first kappa shape index (κ1) is 19.8. The van der Waals surface area contributed by atoms with Gasteiger partial charge in [0.25, 0.3) is 5.09 Å². The molecule has 2 aromatic rings. The van der Waals surface area contributed by atoms with Crippen LogP contribution in [0.2, 0.25) is 0 Å². The van der Waals surface area contributed by atoms with E-state index in [9.17, 15) is 20.0 Å². The molecule has 0 heterocycles. The summed E-state index contributed by atoms with van der Waals surface area (Å²) in [6.45, 7) is 0.00977. The van der Waals surface area contributed by atoms with E-state index >= 15 is 0 Å². The van der Waals surface area contributed by atoms with Gasteiger partial charge in [-0.25, -0.2) is 4.79 Å². The predicted octanol–water partition coefficient (Wildman–Crippen LogP) is 3.16. The van der Waals surface area contributed by atoms with Crippen LogP contribution in [0.1, 0.15) is 17.5 Å². The minimum absolute atomic E-state index is 0.00977. The maximum atomic E-state index is 12.0. The Hall–Kier alpha value is -3.55. The number of methoxy groups -OCH3 is 1. The summed E-state index contributed by atoms with van der Waals surface area (Å²) >= 11 is 0. The highest BCUT2D eigenvalue weighted by Crippen LogP contribution is 2.26. The largest absolute Gasteiger partial charge is 0.504 e. The van der Waals surface area contributed by atoms with Crippen molar-refractivity contribution >= 4 is 12.0 Å². The van der Waals surface area contributed by atoms with Crippen LogP contribution in [0.3, 0.4) is 0 Å². The van der Waals surface area contributed by atoms with Crippen LogP contribution in [0.15, 0.2) is 48.5 Å². The zero-order valence-corrected chi connectivity index (χ0v) is 14.7. The number of ether oxygens (including phenoxy) is 2. The summed E-state index contributed by atoms with van der Waals surface area (Å²) in [4.78, 5) is 26.3. The Morgan fingerprint density at radius 3 is 2.81 bits per heavy atom. The molecule has 0 radical (unpaired) electrons. The third-order valence-electron chi connectivity index (χ3n) is 3.54. The number of phenols is 1. The Morgan fingerprint density at radius 2 is 2.07 bits per heavy atom. The Labute approximate surface area is 155 Å². The number of aromatic hydroxyl groups is 1. The molecule has 8 heteroatoms. The molecule has 142 valence electrons. The molecular weight excluding hydrogens is 354 g/mol. The molecule has 0 aliphatic carbocycles. The second-order valence-electron chi connectivity index (χ2n) is 5.49. The van der Waals surface area contributed by atoms with Gasteiger partial charge in [0, 0.05) is 6.08 Å². The molecule has 0 amide bonds. The molecule has 0 aromatic heterocycles. The van der Waals surface area contributed by atoms with Crippen molar-refractivity contribution in [2.45, 2.75) is 12.8 Å². The molecule has 0 bridgehead atoms. The number of nitrogens with zero attached hydrogens (tertiary/aromatic N) is 1. The minimum atomic E-state index is -0.825. The van der Waals surface area contributed by atoms with Crippen molar-refractivity contribution in [1.29, 1.82) is 0 Å². The zero-order valence-electron chi connectivity index (χ0n) is 14.7. The lowest BCUT2D eigenvalue weighted by molar-refractivity contribution is -0.757. The number of carbonyl (C=O) groups is 1. The maximum absolute atomic E-state index is 12.0. The summed E-state index contributed by atoms with van der Waals surface area (Å²) in [6.07, 6.45) is 3.84. The van der Waals surface area contributed by atoms with Crippen LogP contribution < -0.4 is 9.47 Å². The van der Waals surface area contributed by atoms with Gasteiger partial charge < -0.3 is 19.4 Å². The van der Waals surface area contributed by atoms with Gasteiger partial charge in [0.1, 0.15) is 5.75 Å². The number of phenolic OH excluding ortho intramolecular Hbond substituents is 1. The van der Waals surface area contributed by atoms with Gasteiger partial charge in [-0.15, -0.1) is 10.1 Å². The zero-order chi connectivity index (χ0) is 19.6. The molecule has 0 spiro atoms. The van der Waals surface area contributed by atoms with Crippen LogP contribution in [-0.4, -0.2) is 29.9 Å². The fraction of sp³-hybridized carbons (Fsp3) is 0.211. The highest BCUT2D eigenvalue weighted by molar-refractivity contribution is 5.88. The molecule has 0 fully saturated rings. The van der Waals surface area contributed by atoms with Gasteiger partial charge in [0.05, 0.1) is 13.7 Å². The molecule has 0 aliphatic heterocycles. The van der Waals surface area contributed by atoms with Crippen LogP contribution in [0.5, 0.6) is 17.2 Å². The summed E-state index contributed by atoms with van der Waals surface area (Å²) < 4.78 is 10.3. The van der Waals surface area contributed by atoms with Gasteiger partial charge in [0.2, 0.25) is 0 Å². The van der Waals surface area contributed by atoms with Crippen molar-refractivity contribution in [2.24, 2.45) is 0 Å². The van der Waals surface area contributed by atoms with E-state index in [1.54, 1.807) is 36.4 Å². The molecule has 2 aromatic carbocycles. The lowest BCUT2D eigenvalue weighted by Crippen LogP contribution is -2.05. The molecule has 0 saturated carbocycles. The Kier molecular flexibility index (Phi) is 7.18. The summed E-state index contributed by atoms with van der Waals surface area (Å²) in [6, 6.07) is 11.6. The van der Waals surface area contributed by atoms with E-state index in [1.807, 2.05) is 6.07 Å². The highest BCUT2D eigenvalue weighted by Gasteiger charge is 2.04. The van der Waals surface area contributed by atoms with E-state index in [4.69, 9.17) is 9.47 Å². The van der Waals surface area contributed by atoms with Gasteiger partial charge in [-0.05, 0) is 54.3 Å². The lowest BCUT2D eigenvalue weighted by atomic mass is 10.1. The standard InChI is InChI=1S/C19H19NO7/c1-25-18-13-15(7-9-17(18)21)8-10-19(22)27-16-6-2-4-14(12-16)5-3-11-26-20(23)24/h2,4,6-10,12-13,21H,3,5,11H2,1H3. The molecule has 8 nitrogen and oxygen atoms in total. The molecule has 2 rings (SSSR count). The third-order valence-corrected chi connectivity index (χ3v) is 3.54. The maximum Gasteiger partial charge on any atom is 0.336 e. The van der Waals surface area contributed by atoms with Crippen molar-refractivity contribution in [2.75, 3.05) is 13.7 Å². The van der Waals surface area contributed by atoms with E-state index in [2.05, 4.69) is 4.84 Å². The first-order valence-electron chi connectivity index (χ1n) is 8.11. The summed E-state index contributed by atoms with van der Waals surface area (Å²) in [5, 5.41) is 18.8. The second kappa shape index (κ2) is 9.81. The van der Waals surface area contributed by atoms with Gasteiger partial charge in [-0.3, -0.25) is 0 Å². The number of carbonyl (C=O) groups excluding carboxylic acids is 1. The Bertz CT molecular complexity index is 833. The SMILES string of the molecule is COc1cc(C=CC(=O)Oc2cccc(CCCO[N+](=O)[O-])c2)ccc1O. The number of esters is 1. The van der Waals surface area contributed by atoms with Crippen molar-refractivity contribution in [3.63, 3.8) is 0 Å². The summed E-state index contributed by atoms with van der Waals surface area (Å²) in [5.74, 6) is 0.133. The van der Waals surface area contributed by atoms with Crippen LogP contribution in [0.4, 0.5) is 0 Å². The van der Waals surface area contributed by atoms with Crippen molar-refractivity contribution in [3.8, 4) is 17.2 Å². The molecule has 0 atom stereocenters. The lowest BCUT2D eigenvalue weighted by Gasteiger charge is -2.05. The van der Waals surface area contributed by atoms with Gasteiger partial charge >= 0.3 is 5.97 Å². The van der Waals surface area contributed by atoms with E-state index < -0.39 is 11.1 Å². The average molecular weight is 373 g/mol. The monoisotopic (exact) mass is 373 g/mol. The van der Waals surface area contributed by atoms with Crippen LogP contribution in [0, 0.1) is 10.1 Å². The highest BCUT2D eigenvalue weighted by atomic mass is 16.9. The number of hydrogen-bond donors (Lipinski definition) is 1. The first-order chi connectivity index (χ1) is 13.0.